The van der Waals surface area contributed by atoms with Crippen LogP contribution in [-0.2, 0) is 11.8 Å². The van der Waals surface area contributed by atoms with E-state index < -0.39 is 9.85 Å². The highest BCUT2D eigenvalue weighted by Gasteiger charge is 2.39. The molecular formula is C14H19N3O4. The Morgan fingerprint density at radius 2 is 1.71 bits per heavy atom. The molecule has 114 valence electrons. The minimum absolute atomic E-state index is 0.130. The molecule has 0 N–H and O–H groups in total. The summed E-state index contributed by atoms with van der Waals surface area (Å²) >= 11 is 0. The molecule has 0 radical (unpaired) electrons. The lowest BCUT2D eigenvalue weighted by molar-refractivity contribution is -0.394. The van der Waals surface area contributed by atoms with Crippen LogP contribution in [-0.4, -0.2) is 23.9 Å². The number of hydrogen-bond acceptors (Lipinski definition) is 5. The van der Waals surface area contributed by atoms with Gasteiger partial charge in [-0.2, -0.15) is 0 Å². The van der Waals surface area contributed by atoms with E-state index in [0.717, 1.165) is 24.5 Å². The molecule has 7 heteroatoms. The summed E-state index contributed by atoms with van der Waals surface area (Å²) in [7, 11) is 3.47. The number of hydrogen-bond donors (Lipinski definition) is 0. The number of rotatable bonds is 3. The van der Waals surface area contributed by atoms with Gasteiger partial charge in [0.15, 0.2) is 0 Å². The molecule has 0 fully saturated rings. The third-order valence-electron chi connectivity index (χ3n) is 4.11. The van der Waals surface area contributed by atoms with Gasteiger partial charge in [0, 0.05) is 19.7 Å². The Morgan fingerprint density at radius 1 is 1.14 bits per heavy atom. The Balaban J connectivity index is 2.93. The van der Waals surface area contributed by atoms with Gasteiger partial charge in [0.2, 0.25) is 0 Å². The van der Waals surface area contributed by atoms with Crippen LogP contribution < -0.4 is 4.90 Å². The molecule has 21 heavy (non-hydrogen) atoms. The molecule has 1 aliphatic rings. The molecule has 0 amide bonds. The molecule has 1 aliphatic carbocycles. The lowest BCUT2D eigenvalue weighted by Gasteiger charge is -2.35. The van der Waals surface area contributed by atoms with Crippen LogP contribution in [0.1, 0.15) is 37.8 Å². The van der Waals surface area contributed by atoms with Crippen molar-refractivity contribution in [2.45, 2.75) is 38.5 Å². The standard InChI is InChI=1S/C14H19N3O4/c1-14(2)7-5-6-9-10(16(18)19)8-11(17(20)21)13(12(9)14)15(3)4/h8H,5-7H2,1-4H3. The van der Waals surface area contributed by atoms with Gasteiger partial charge < -0.3 is 4.90 Å². The zero-order valence-corrected chi connectivity index (χ0v) is 12.7. The van der Waals surface area contributed by atoms with E-state index in [9.17, 15) is 20.2 Å². The van der Waals surface area contributed by atoms with Gasteiger partial charge in [-0.15, -0.1) is 0 Å². The Bertz CT molecular complexity index is 623. The SMILES string of the molecule is CN(C)c1c([N+](=O)[O-])cc([N+](=O)[O-])c2c1C(C)(C)CCC2. The minimum atomic E-state index is -0.534. The molecule has 0 saturated heterocycles. The first-order chi connectivity index (χ1) is 9.66. The van der Waals surface area contributed by atoms with Gasteiger partial charge in [-0.1, -0.05) is 13.8 Å². The normalized spacial score (nSPS) is 16.2. The van der Waals surface area contributed by atoms with Crippen LogP contribution in [0.15, 0.2) is 6.07 Å². The molecule has 1 aromatic carbocycles. The van der Waals surface area contributed by atoms with Crippen LogP contribution in [0.25, 0.3) is 0 Å². The molecular weight excluding hydrogens is 274 g/mol. The number of nitro groups is 2. The van der Waals surface area contributed by atoms with Gasteiger partial charge in [-0.25, -0.2) is 0 Å². The molecule has 0 aromatic heterocycles. The van der Waals surface area contributed by atoms with Crippen molar-refractivity contribution in [3.05, 3.63) is 37.4 Å². The average molecular weight is 293 g/mol. The topological polar surface area (TPSA) is 89.5 Å². The first-order valence-corrected chi connectivity index (χ1v) is 6.83. The van der Waals surface area contributed by atoms with Crippen LogP contribution in [0.5, 0.6) is 0 Å². The lowest BCUT2D eigenvalue weighted by Crippen LogP contribution is -2.29. The minimum Gasteiger partial charge on any atom is -0.372 e. The third-order valence-corrected chi connectivity index (χ3v) is 4.11. The smallest absolute Gasteiger partial charge is 0.299 e. The fourth-order valence-electron chi connectivity index (χ4n) is 3.25. The highest BCUT2D eigenvalue weighted by molar-refractivity contribution is 5.76. The number of anilines is 1. The van der Waals surface area contributed by atoms with Crippen LogP contribution >= 0.6 is 0 Å². The molecule has 0 spiro atoms. The van der Waals surface area contributed by atoms with Crippen molar-refractivity contribution >= 4 is 17.1 Å². The van der Waals surface area contributed by atoms with Gasteiger partial charge in [-0.05, 0) is 30.2 Å². The van der Waals surface area contributed by atoms with Crippen molar-refractivity contribution in [3.8, 4) is 0 Å². The van der Waals surface area contributed by atoms with Gasteiger partial charge in [-0.3, -0.25) is 20.2 Å². The van der Waals surface area contributed by atoms with Crippen LogP contribution in [0, 0.1) is 20.2 Å². The predicted molar refractivity (Wildman–Crippen MR) is 80.0 cm³/mol. The Morgan fingerprint density at radius 3 is 2.19 bits per heavy atom. The third kappa shape index (κ3) is 2.43. The maximum absolute atomic E-state index is 11.4. The monoisotopic (exact) mass is 293 g/mol. The number of nitrogens with zero attached hydrogens (tertiary/aromatic N) is 3. The molecule has 0 atom stereocenters. The zero-order chi connectivity index (χ0) is 15.9. The summed E-state index contributed by atoms with van der Waals surface area (Å²) in [5.74, 6) is 0. The summed E-state index contributed by atoms with van der Waals surface area (Å²) in [4.78, 5) is 23.3. The highest BCUT2D eigenvalue weighted by atomic mass is 16.6. The predicted octanol–water partition coefficient (Wildman–Crippen LogP) is 3.18. The van der Waals surface area contributed by atoms with Crippen LogP contribution in [0.4, 0.5) is 17.1 Å². The van der Waals surface area contributed by atoms with Crippen molar-refractivity contribution in [1.29, 1.82) is 0 Å². The van der Waals surface area contributed by atoms with E-state index in [1.54, 1.807) is 19.0 Å². The second-order valence-corrected chi connectivity index (χ2v) is 6.26. The fraction of sp³-hybridized carbons (Fsp3) is 0.571. The summed E-state index contributed by atoms with van der Waals surface area (Å²) in [6.07, 6.45) is 2.30. The van der Waals surface area contributed by atoms with E-state index in [0.29, 0.717) is 17.7 Å². The summed E-state index contributed by atoms with van der Waals surface area (Å²) < 4.78 is 0. The van der Waals surface area contributed by atoms with Crippen molar-refractivity contribution < 1.29 is 9.85 Å². The molecule has 0 heterocycles. The molecule has 0 saturated carbocycles. The maximum Gasteiger partial charge on any atom is 0.299 e. The van der Waals surface area contributed by atoms with Crippen molar-refractivity contribution in [2.75, 3.05) is 19.0 Å². The second kappa shape index (κ2) is 4.98. The van der Waals surface area contributed by atoms with E-state index in [1.807, 2.05) is 13.8 Å². The van der Waals surface area contributed by atoms with E-state index in [1.165, 1.54) is 0 Å². The summed E-state index contributed by atoms with van der Waals surface area (Å²) in [6.45, 7) is 3.98. The van der Waals surface area contributed by atoms with E-state index in [4.69, 9.17) is 0 Å². The first-order valence-electron chi connectivity index (χ1n) is 6.83. The van der Waals surface area contributed by atoms with Gasteiger partial charge in [0.05, 0.1) is 15.9 Å². The summed E-state index contributed by atoms with van der Waals surface area (Å²) in [6, 6.07) is 1.11. The Kier molecular flexibility index (Phi) is 3.61. The molecule has 0 aliphatic heterocycles. The molecule has 2 rings (SSSR count). The van der Waals surface area contributed by atoms with Gasteiger partial charge in [0.25, 0.3) is 11.4 Å². The summed E-state index contributed by atoms with van der Waals surface area (Å²) in [5, 5.41) is 22.7. The zero-order valence-electron chi connectivity index (χ0n) is 12.7. The van der Waals surface area contributed by atoms with Crippen molar-refractivity contribution in [1.82, 2.24) is 0 Å². The fourth-order valence-corrected chi connectivity index (χ4v) is 3.25. The molecule has 1 aromatic rings. The van der Waals surface area contributed by atoms with E-state index >= 15 is 0 Å². The highest BCUT2D eigenvalue weighted by Crippen LogP contribution is 2.49. The second-order valence-electron chi connectivity index (χ2n) is 6.26. The van der Waals surface area contributed by atoms with Crippen molar-refractivity contribution in [3.63, 3.8) is 0 Å². The maximum atomic E-state index is 11.4. The van der Waals surface area contributed by atoms with E-state index in [-0.39, 0.29) is 16.8 Å². The molecule has 0 bridgehead atoms. The van der Waals surface area contributed by atoms with Crippen molar-refractivity contribution in [2.24, 2.45) is 0 Å². The first kappa shape index (κ1) is 15.2. The molecule has 0 unspecified atom stereocenters. The summed E-state index contributed by atoms with van der Waals surface area (Å²) in [5.41, 5.74) is 1.25. The number of fused-ring (bicyclic) bond motifs is 1. The van der Waals surface area contributed by atoms with Crippen LogP contribution in [0.3, 0.4) is 0 Å². The van der Waals surface area contributed by atoms with Gasteiger partial charge >= 0.3 is 0 Å². The van der Waals surface area contributed by atoms with Gasteiger partial charge in [0.1, 0.15) is 5.69 Å². The lowest BCUT2D eigenvalue weighted by atomic mass is 9.71. The van der Waals surface area contributed by atoms with E-state index in [2.05, 4.69) is 0 Å². The largest absolute Gasteiger partial charge is 0.372 e. The number of nitro benzene ring substituents is 2. The Hall–Kier alpha value is -2.18. The average Bonchev–Trinajstić information content (AvgIpc) is 2.35. The Labute approximate surface area is 122 Å². The van der Waals surface area contributed by atoms with Crippen LogP contribution in [0.2, 0.25) is 0 Å². The quantitative estimate of drug-likeness (QED) is 0.630. The molecule has 7 nitrogen and oxygen atoms in total. The number of benzene rings is 1.